The Balaban J connectivity index is 1.45. The monoisotopic (exact) mass is 352 g/mol. The van der Waals surface area contributed by atoms with E-state index < -0.39 is 0 Å². The van der Waals surface area contributed by atoms with Crippen LogP contribution in [0.25, 0.3) is 0 Å². The van der Waals surface area contributed by atoms with Crippen LogP contribution in [-0.4, -0.2) is 29.0 Å². The van der Waals surface area contributed by atoms with Crippen molar-refractivity contribution in [1.82, 2.24) is 15.3 Å². The molecule has 0 spiro atoms. The molecule has 6 heteroatoms. The van der Waals surface area contributed by atoms with Crippen LogP contribution in [0.2, 0.25) is 0 Å². The Labute approximate surface area is 153 Å². The van der Waals surface area contributed by atoms with Crippen molar-refractivity contribution in [2.75, 3.05) is 18.9 Å². The zero-order valence-corrected chi connectivity index (χ0v) is 14.8. The summed E-state index contributed by atoms with van der Waals surface area (Å²) in [6.45, 7) is 1.28. The molecule has 1 aliphatic heterocycles. The van der Waals surface area contributed by atoms with Gasteiger partial charge in [-0.25, -0.2) is 9.97 Å². The number of nitrogen functional groups attached to an aromatic ring is 1. The molecule has 1 atom stereocenters. The lowest BCUT2D eigenvalue weighted by atomic mass is 9.94. The molecule has 0 saturated carbocycles. The number of nitrogens with one attached hydrogen (secondary N) is 1. The first-order chi connectivity index (χ1) is 12.7. The number of nitrogens with two attached hydrogens (primary N) is 1. The highest BCUT2D eigenvalue weighted by Gasteiger charge is 2.23. The maximum atomic E-state index is 12.8. The molecule has 0 radical (unpaired) electrons. The van der Waals surface area contributed by atoms with E-state index in [1.807, 2.05) is 18.2 Å². The van der Waals surface area contributed by atoms with Crippen LogP contribution in [0.1, 0.15) is 46.6 Å². The molecule has 0 saturated heterocycles. The largest absolute Gasteiger partial charge is 0.493 e. The Hall–Kier alpha value is -2.63. The van der Waals surface area contributed by atoms with E-state index in [-0.39, 0.29) is 11.9 Å². The standard InChI is InChI=1S/C20H24N4O2/c21-20-23-16-7-3-2-6-15(16)18(24-20)19(25)22-12-13-9-10-26-17-8-4-1-5-14(17)11-13/h1,4-5,8,13H,2-3,6-7,9-12H2,(H,22,25)(H2,21,23,24)/t13-/m1/s1. The third-order valence-corrected chi connectivity index (χ3v) is 5.23. The van der Waals surface area contributed by atoms with Crippen molar-refractivity contribution in [2.24, 2.45) is 5.92 Å². The van der Waals surface area contributed by atoms with Crippen LogP contribution >= 0.6 is 0 Å². The van der Waals surface area contributed by atoms with Gasteiger partial charge in [-0.05, 0) is 56.1 Å². The van der Waals surface area contributed by atoms with Gasteiger partial charge in [0.25, 0.3) is 5.91 Å². The van der Waals surface area contributed by atoms with E-state index in [0.29, 0.717) is 24.8 Å². The van der Waals surface area contributed by atoms with Gasteiger partial charge in [-0.2, -0.15) is 0 Å². The second-order valence-corrected chi connectivity index (χ2v) is 7.09. The van der Waals surface area contributed by atoms with E-state index in [1.54, 1.807) is 0 Å². The minimum atomic E-state index is -0.143. The number of nitrogens with zero attached hydrogens (tertiary/aromatic N) is 2. The number of carbonyl (C=O) groups is 1. The smallest absolute Gasteiger partial charge is 0.270 e. The topological polar surface area (TPSA) is 90.1 Å². The van der Waals surface area contributed by atoms with Gasteiger partial charge >= 0.3 is 0 Å². The van der Waals surface area contributed by atoms with Crippen molar-refractivity contribution in [3.8, 4) is 5.75 Å². The van der Waals surface area contributed by atoms with E-state index in [2.05, 4.69) is 21.4 Å². The summed E-state index contributed by atoms with van der Waals surface area (Å²) in [5.41, 5.74) is 9.38. The summed E-state index contributed by atoms with van der Waals surface area (Å²) in [4.78, 5) is 21.3. The molecule has 0 bridgehead atoms. The molecular formula is C20H24N4O2. The summed E-state index contributed by atoms with van der Waals surface area (Å²) >= 11 is 0. The predicted octanol–water partition coefficient (Wildman–Crippen LogP) is 2.31. The summed E-state index contributed by atoms with van der Waals surface area (Å²) in [7, 11) is 0. The van der Waals surface area contributed by atoms with Crippen LogP contribution in [0.5, 0.6) is 5.75 Å². The molecular weight excluding hydrogens is 328 g/mol. The number of fused-ring (bicyclic) bond motifs is 2. The first kappa shape index (κ1) is 16.8. The summed E-state index contributed by atoms with van der Waals surface area (Å²) in [6, 6.07) is 8.12. The molecule has 1 aromatic carbocycles. The highest BCUT2D eigenvalue weighted by atomic mass is 16.5. The fourth-order valence-corrected chi connectivity index (χ4v) is 3.86. The molecule has 1 aromatic heterocycles. The number of ether oxygens (including phenoxy) is 1. The number of anilines is 1. The maximum absolute atomic E-state index is 12.8. The second kappa shape index (κ2) is 7.32. The number of hydrogen-bond acceptors (Lipinski definition) is 5. The van der Waals surface area contributed by atoms with Crippen LogP contribution in [-0.2, 0) is 19.3 Å². The van der Waals surface area contributed by atoms with Gasteiger partial charge in [0.05, 0.1) is 6.61 Å². The molecule has 2 heterocycles. The van der Waals surface area contributed by atoms with Gasteiger partial charge in [0.2, 0.25) is 5.95 Å². The normalized spacial score (nSPS) is 18.8. The van der Waals surface area contributed by atoms with E-state index in [1.165, 1.54) is 5.56 Å². The third-order valence-electron chi connectivity index (χ3n) is 5.23. The van der Waals surface area contributed by atoms with Crippen LogP contribution in [0.4, 0.5) is 5.95 Å². The van der Waals surface area contributed by atoms with Gasteiger partial charge in [-0.15, -0.1) is 0 Å². The fraction of sp³-hybridized carbons (Fsp3) is 0.450. The van der Waals surface area contributed by atoms with Gasteiger partial charge in [-0.3, -0.25) is 4.79 Å². The Kier molecular flexibility index (Phi) is 4.73. The first-order valence-corrected chi connectivity index (χ1v) is 9.35. The summed E-state index contributed by atoms with van der Waals surface area (Å²) < 4.78 is 5.81. The van der Waals surface area contributed by atoms with E-state index in [4.69, 9.17) is 10.5 Å². The number of amides is 1. The van der Waals surface area contributed by atoms with E-state index >= 15 is 0 Å². The molecule has 1 aliphatic carbocycles. The average Bonchev–Trinajstić information content (AvgIpc) is 2.87. The van der Waals surface area contributed by atoms with Crippen LogP contribution < -0.4 is 15.8 Å². The quantitative estimate of drug-likeness (QED) is 0.885. The predicted molar refractivity (Wildman–Crippen MR) is 99.2 cm³/mol. The summed E-state index contributed by atoms with van der Waals surface area (Å²) in [5.74, 6) is 1.35. The lowest BCUT2D eigenvalue weighted by molar-refractivity contribution is 0.0939. The van der Waals surface area contributed by atoms with Crippen molar-refractivity contribution in [3.05, 3.63) is 46.8 Å². The molecule has 2 aliphatic rings. The van der Waals surface area contributed by atoms with Crippen LogP contribution in [0.3, 0.4) is 0 Å². The molecule has 136 valence electrons. The molecule has 0 unspecified atom stereocenters. The van der Waals surface area contributed by atoms with Crippen molar-refractivity contribution in [2.45, 2.75) is 38.5 Å². The molecule has 6 nitrogen and oxygen atoms in total. The first-order valence-electron chi connectivity index (χ1n) is 9.35. The Morgan fingerprint density at radius 2 is 2.08 bits per heavy atom. The zero-order chi connectivity index (χ0) is 17.9. The highest BCUT2D eigenvalue weighted by molar-refractivity contribution is 5.94. The number of para-hydroxylation sites is 1. The molecule has 2 aromatic rings. The number of aryl methyl sites for hydroxylation is 1. The number of hydrogen-bond donors (Lipinski definition) is 2. The van der Waals surface area contributed by atoms with Crippen molar-refractivity contribution in [1.29, 1.82) is 0 Å². The minimum absolute atomic E-state index is 0.143. The minimum Gasteiger partial charge on any atom is -0.493 e. The molecule has 0 fully saturated rings. The number of aromatic nitrogens is 2. The van der Waals surface area contributed by atoms with Gasteiger partial charge < -0.3 is 15.8 Å². The van der Waals surface area contributed by atoms with Crippen molar-refractivity contribution in [3.63, 3.8) is 0 Å². The van der Waals surface area contributed by atoms with Crippen LogP contribution in [0, 0.1) is 5.92 Å². The van der Waals surface area contributed by atoms with E-state index in [0.717, 1.165) is 55.5 Å². The molecule has 3 N–H and O–H groups in total. The van der Waals surface area contributed by atoms with Gasteiger partial charge in [0.15, 0.2) is 0 Å². The molecule has 4 rings (SSSR count). The lowest BCUT2D eigenvalue weighted by Crippen LogP contribution is -2.32. The number of carbonyl (C=O) groups excluding carboxylic acids is 1. The van der Waals surface area contributed by atoms with Gasteiger partial charge in [0, 0.05) is 17.8 Å². The van der Waals surface area contributed by atoms with E-state index in [9.17, 15) is 4.79 Å². The average molecular weight is 352 g/mol. The number of rotatable bonds is 3. The maximum Gasteiger partial charge on any atom is 0.270 e. The van der Waals surface area contributed by atoms with Gasteiger partial charge in [-0.1, -0.05) is 18.2 Å². The second-order valence-electron chi connectivity index (χ2n) is 7.09. The summed E-state index contributed by atoms with van der Waals surface area (Å²) in [6.07, 6.45) is 5.70. The molecule has 26 heavy (non-hydrogen) atoms. The third kappa shape index (κ3) is 3.49. The van der Waals surface area contributed by atoms with Crippen LogP contribution in [0.15, 0.2) is 24.3 Å². The lowest BCUT2D eigenvalue weighted by Gasteiger charge is -2.19. The van der Waals surface area contributed by atoms with Crippen molar-refractivity contribution >= 4 is 11.9 Å². The molecule has 1 amide bonds. The Bertz CT molecular complexity index is 821. The zero-order valence-electron chi connectivity index (χ0n) is 14.8. The van der Waals surface area contributed by atoms with Gasteiger partial charge in [0.1, 0.15) is 11.4 Å². The Morgan fingerprint density at radius 3 is 3.00 bits per heavy atom. The highest BCUT2D eigenvalue weighted by Crippen LogP contribution is 2.26. The fourth-order valence-electron chi connectivity index (χ4n) is 3.86. The SMILES string of the molecule is Nc1nc2c(c(C(=O)NC[C@@H]3CCOc4ccccc4C3)n1)CCCC2. The number of benzene rings is 1. The Morgan fingerprint density at radius 1 is 1.23 bits per heavy atom. The summed E-state index contributed by atoms with van der Waals surface area (Å²) in [5, 5.41) is 3.06. The van der Waals surface area contributed by atoms with Crippen molar-refractivity contribution < 1.29 is 9.53 Å².